The van der Waals surface area contributed by atoms with Gasteiger partial charge in [-0.3, -0.25) is 0 Å². The van der Waals surface area contributed by atoms with E-state index in [-0.39, 0.29) is 25.8 Å². The van der Waals surface area contributed by atoms with Crippen molar-refractivity contribution in [3.8, 4) is 0 Å². The van der Waals surface area contributed by atoms with Crippen LogP contribution in [0, 0.1) is 0 Å². The number of alkyl halides is 4. The average Bonchev–Trinajstić information content (AvgIpc) is 2.32. The first-order chi connectivity index (χ1) is 8.41. The molecule has 2 heterocycles. The summed E-state index contributed by atoms with van der Waals surface area (Å²) in [4.78, 5) is 0. The van der Waals surface area contributed by atoms with Crippen molar-refractivity contribution >= 4 is 0 Å². The van der Waals surface area contributed by atoms with Crippen LogP contribution < -0.4 is 10.6 Å². The SMILES string of the molecule is CC.FC1(F)CCCNC1.FC1(F)CCNCC1. The second kappa shape index (κ2) is 8.69. The third kappa shape index (κ3) is 8.69. The van der Waals surface area contributed by atoms with E-state index in [0.29, 0.717) is 19.5 Å². The average molecular weight is 272 g/mol. The number of nitrogens with one attached hydrogen (secondary N) is 2. The van der Waals surface area contributed by atoms with Gasteiger partial charge in [0.15, 0.2) is 0 Å². The van der Waals surface area contributed by atoms with Crippen molar-refractivity contribution in [1.82, 2.24) is 10.6 Å². The van der Waals surface area contributed by atoms with Crippen LogP contribution in [0.2, 0.25) is 0 Å². The molecule has 0 bridgehead atoms. The lowest BCUT2D eigenvalue weighted by Crippen LogP contribution is -2.38. The highest BCUT2D eigenvalue weighted by molar-refractivity contribution is 4.74. The number of piperidine rings is 2. The molecule has 2 aliphatic rings. The maximum absolute atomic E-state index is 12.2. The summed E-state index contributed by atoms with van der Waals surface area (Å²) in [5, 5.41) is 5.49. The van der Waals surface area contributed by atoms with Crippen LogP contribution in [0.3, 0.4) is 0 Å². The second-order valence-corrected chi connectivity index (χ2v) is 4.24. The van der Waals surface area contributed by atoms with Crippen molar-refractivity contribution in [1.29, 1.82) is 0 Å². The minimum absolute atomic E-state index is 0.00694. The summed E-state index contributed by atoms with van der Waals surface area (Å²) in [6.45, 7) is 5.54. The van der Waals surface area contributed by atoms with Gasteiger partial charge in [0.2, 0.25) is 0 Å². The molecular formula is C12H24F4N2. The van der Waals surface area contributed by atoms with Crippen LogP contribution >= 0.6 is 0 Å². The Bertz CT molecular complexity index is 172. The molecular weight excluding hydrogens is 248 g/mol. The van der Waals surface area contributed by atoms with Crippen LogP contribution in [0.1, 0.15) is 39.5 Å². The van der Waals surface area contributed by atoms with Gasteiger partial charge in [-0.15, -0.1) is 0 Å². The Morgan fingerprint density at radius 2 is 1.28 bits per heavy atom. The summed E-state index contributed by atoms with van der Waals surface area (Å²) < 4.78 is 48.6. The molecule has 110 valence electrons. The predicted molar refractivity (Wildman–Crippen MR) is 65.4 cm³/mol. The van der Waals surface area contributed by atoms with Gasteiger partial charge in [-0.1, -0.05) is 13.8 Å². The zero-order chi connectivity index (χ0) is 14.1. The van der Waals surface area contributed by atoms with E-state index < -0.39 is 11.8 Å². The molecule has 2 nitrogen and oxygen atoms in total. The topological polar surface area (TPSA) is 24.1 Å². The van der Waals surface area contributed by atoms with Crippen LogP contribution in [0.15, 0.2) is 0 Å². The molecule has 0 aromatic heterocycles. The van der Waals surface area contributed by atoms with Gasteiger partial charge in [0, 0.05) is 32.4 Å². The standard InChI is InChI=1S/2C5H9F2N.C2H6/c6-5(7)1-3-8-4-2-5;6-5(7)2-1-3-8-4-5;1-2/h2*8H,1-4H2;1-2H3. The van der Waals surface area contributed by atoms with Crippen molar-refractivity contribution in [2.45, 2.75) is 51.4 Å². The van der Waals surface area contributed by atoms with Crippen molar-refractivity contribution in [3.63, 3.8) is 0 Å². The Hall–Kier alpha value is -0.360. The van der Waals surface area contributed by atoms with Gasteiger partial charge in [-0.2, -0.15) is 0 Å². The molecule has 0 unspecified atom stereocenters. The lowest BCUT2D eigenvalue weighted by molar-refractivity contribution is -0.0274. The van der Waals surface area contributed by atoms with Crippen LogP contribution in [0.25, 0.3) is 0 Å². The van der Waals surface area contributed by atoms with Gasteiger partial charge < -0.3 is 10.6 Å². The predicted octanol–water partition coefficient (Wildman–Crippen LogP) is 3.04. The van der Waals surface area contributed by atoms with Crippen LogP contribution in [-0.4, -0.2) is 38.0 Å². The zero-order valence-electron chi connectivity index (χ0n) is 11.2. The van der Waals surface area contributed by atoms with E-state index in [1.165, 1.54) is 0 Å². The largest absolute Gasteiger partial charge is 0.316 e. The van der Waals surface area contributed by atoms with Crippen molar-refractivity contribution in [2.24, 2.45) is 0 Å². The Balaban J connectivity index is 0.000000283. The van der Waals surface area contributed by atoms with Gasteiger partial charge in [0.25, 0.3) is 11.8 Å². The van der Waals surface area contributed by atoms with Crippen LogP contribution in [-0.2, 0) is 0 Å². The third-order valence-electron chi connectivity index (χ3n) is 2.61. The molecule has 6 heteroatoms. The van der Waals surface area contributed by atoms with Gasteiger partial charge >= 0.3 is 0 Å². The Labute approximate surface area is 107 Å². The fraction of sp³-hybridized carbons (Fsp3) is 1.00. The number of hydrogen-bond donors (Lipinski definition) is 2. The summed E-state index contributed by atoms with van der Waals surface area (Å²) >= 11 is 0. The van der Waals surface area contributed by atoms with E-state index in [1.54, 1.807) is 0 Å². The quantitative estimate of drug-likeness (QED) is 0.662. The van der Waals surface area contributed by atoms with Crippen LogP contribution in [0.4, 0.5) is 17.6 Å². The Kier molecular flexibility index (Phi) is 8.52. The van der Waals surface area contributed by atoms with Crippen LogP contribution in [0.5, 0.6) is 0 Å². The molecule has 0 atom stereocenters. The summed E-state index contributed by atoms with van der Waals surface area (Å²) in [5.41, 5.74) is 0. The molecule has 0 saturated carbocycles. The normalized spacial score (nSPS) is 25.0. The molecule has 0 aromatic carbocycles. The van der Waals surface area contributed by atoms with E-state index in [1.807, 2.05) is 13.8 Å². The molecule has 2 N–H and O–H groups in total. The summed E-state index contributed by atoms with van der Waals surface area (Å²) in [6, 6.07) is 0. The van der Waals surface area contributed by atoms with Gasteiger partial charge in [-0.25, -0.2) is 17.6 Å². The molecule has 0 spiro atoms. The number of halogens is 4. The van der Waals surface area contributed by atoms with E-state index in [0.717, 1.165) is 6.54 Å². The van der Waals surface area contributed by atoms with Gasteiger partial charge in [0.05, 0.1) is 6.54 Å². The van der Waals surface area contributed by atoms with E-state index >= 15 is 0 Å². The summed E-state index contributed by atoms with van der Waals surface area (Å²) in [6.07, 6.45) is 0.674. The lowest BCUT2D eigenvalue weighted by Gasteiger charge is -2.21. The van der Waals surface area contributed by atoms with Crippen molar-refractivity contribution in [3.05, 3.63) is 0 Å². The minimum atomic E-state index is -2.43. The minimum Gasteiger partial charge on any atom is -0.316 e. The maximum Gasteiger partial charge on any atom is 0.260 e. The third-order valence-corrected chi connectivity index (χ3v) is 2.61. The fourth-order valence-electron chi connectivity index (χ4n) is 1.62. The fourth-order valence-corrected chi connectivity index (χ4v) is 1.62. The first-order valence-electron chi connectivity index (χ1n) is 6.58. The highest BCUT2D eigenvalue weighted by Crippen LogP contribution is 2.23. The van der Waals surface area contributed by atoms with E-state index in [9.17, 15) is 17.6 Å². The second-order valence-electron chi connectivity index (χ2n) is 4.24. The molecule has 2 fully saturated rings. The monoisotopic (exact) mass is 272 g/mol. The molecule has 0 radical (unpaired) electrons. The maximum atomic E-state index is 12.2. The van der Waals surface area contributed by atoms with Crippen molar-refractivity contribution < 1.29 is 17.6 Å². The van der Waals surface area contributed by atoms with E-state index in [4.69, 9.17) is 0 Å². The van der Waals surface area contributed by atoms with E-state index in [2.05, 4.69) is 10.6 Å². The summed E-state index contributed by atoms with van der Waals surface area (Å²) in [7, 11) is 0. The highest BCUT2D eigenvalue weighted by Gasteiger charge is 2.30. The lowest BCUT2D eigenvalue weighted by atomic mass is 10.1. The molecule has 0 aliphatic carbocycles. The number of hydrogen-bond acceptors (Lipinski definition) is 2. The Morgan fingerprint density at radius 1 is 0.722 bits per heavy atom. The molecule has 0 aromatic rings. The molecule has 2 aliphatic heterocycles. The van der Waals surface area contributed by atoms with Crippen molar-refractivity contribution in [2.75, 3.05) is 26.2 Å². The van der Waals surface area contributed by atoms with Gasteiger partial charge in [0.1, 0.15) is 0 Å². The Morgan fingerprint density at radius 3 is 1.50 bits per heavy atom. The highest BCUT2D eigenvalue weighted by atomic mass is 19.3. The number of rotatable bonds is 0. The first-order valence-corrected chi connectivity index (χ1v) is 6.58. The van der Waals surface area contributed by atoms with Gasteiger partial charge in [-0.05, 0) is 13.0 Å². The molecule has 2 saturated heterocycles. The summed E-state index contributed by atoms with van der Waals surface area (Å²) in [5.74, 6) is -4.82. The molecule has 18 heavy (non-hydrogen) atoms. The molecule has 0 amide bonds. The smallest absolute Gasteiger partial charge is 0.260 e. The zero-order valence-corrected chi connectivity index (χ0v) is 11.2. The molecule has 2 rings (SSSR count). The first kappa shape index (κ1) is 17.6.